The molecule has 9 nitrogen and oxygen atoms in total. The summed E-state index contributed by atoms with van der Waals surface area (Å²) < 4.78 is 22.3. The minimum absolute atomic E-state index is 0.191. The number of hydrogen-bond acceptors (Lipinski definition) is 7. The van der Waals surface area contributed by atoms with E-state index in [4.69, 9.17) is 18.9 Å². The monoisotopic (exact) mass is 648 g/mol. The highest BCUT2D eigenvalue weighted by atomic mass is 16.5. The minimum Gasteiger partial charge on any atom is -0.493 e. The Balaban J connectivity index is 1.31. The molecule has 0 unspecified atom stereocenters. The SMILES string of the molecule is COc1cc(/C=C/C(=O)/C=C/c2ccc(OCC(=O)Nc3c(C)cccc3C)c(OC)c2)ccc1OCC(=O)Nc1c(C)cccc1C. The second kappa shape index (κ2) is 16.6. The molecule has 2 amide bonds. The summed E-state index contributed by atoms with van der Waals surface area (Å²) in [6, 6.07) is 22.0. The van der Waals surface area contributed by atoms with Crippen LogP contribution in [0.3, 0.4) is 0 Å². The summed E-state index contributed by atoms with van der Waals surface area (Å²) in [6.45, 7) is 7.35. The average Bonchev–Trinajstić information content (AvgIpc) is 3.08. The van der Waals surface area contributed by atoms with Gasteiger partial charge in [0.15, 0.2) is 42.0 Å². The summed E-state index contributed by atoms with van der Waals surface area (Å²) in [4.78, 5) is 37.6. The lowest BCUT2D eigenvalue weighted by molar-refractivity contribution is -0.118. The number of nitrogens with one attached hydrogen (secondary N) is 2. The van der Waals surface area contributed by atoms with Gasteiger partial charge in [-0.3, -0.25) is 14.4 Å². The second-order valence-electron chi connectivity index (χ2n) is 11.1. The molecule has 0 spiro atoms. The molecular weight excluding hydrogens is 608 g/mol. The third-order valence-corrected chi connectivity index (χ3v) is 7.46. The lowest BCUT2D eigenvalue weighted by atomic mass is 10.1. The number of ketones is 1. The maximum atomic E-state index is 12.6. The topological polar surface area (TPSA) is 112 Å². The van der Waals surface area contributed by atoms with Crippen molar-refractivity contribution in [1.29, 1.82) is 0 Å². The van der Waals surface area contributed by atoms with Crippen molar-refractivity contribution >= 4 is 41.1 Å². The number of anilines is 2. The summed E-state index contributed by atoms with van der Waals surface area (Å²) in [5.41, 5.74) is 6.84. The van der Waals surface area contributed by atoms with Crippen LogP contribution in [0.1, 0.15) is 33.4 Å². The number of allylic oxidation sites excluding steroid dienone is 2. The van der Waals surface area contributed by atoms with Crippen LogP contribution in [-0.4, -0.2) is 45.0 Å². The highest BCUT2D eigenvalue weighted by Gasteiger charge is 2.12. The van der Waals surface area contributed by atoms with E-state index in [9.17, 15) is 14.4 Å². The maximum Gasteiger partial charge on any atom is 0.262 e. The molecule has 2 N–H and O–H groups in total. The van der Waals surface area contributed by atoms with E-state index in [1.54, 1.807) is 48.6 Å². The first kappa shape index (κ1) is 35.0. The van der Waals surface area contributed by atoms with Gasteiger partial charge in [0.2, 0.25) is 0 Å². The second-order valence-corrected chi connectivity index (χ2v) is 11.1. The largest absolute Gasteiger partial charge is 0.493 e. The molecule has 0 bridgehead atoms. The van der Waals surface area contributed by atoms with Crippen molar-refractivity contribution in [2.24, 2.45) is 0 Å². The smallest absolute Gasteiger partial charge is 0.262 e. The molecular formula is C39H40N2O7. The average molecular weight is 649 g/mol. The van der Waals surface area contributed by atoms with Crippen LogP contribution >= 0.6 is 0 Å². The van der Waals surface area contributed by atoms with Gasteiger partial charge in [0, 0.05) is 11.4 Å². The van der Waals surface area contributed by atoms with Gasteiger partial charge in [-0.2, -0.15) is 0 Å². The first-order chi connectivity index (χ1) is 23.1. The molecule has 0 atom stereocenters. The number of benzene rings is 4. The molecule has 0 radical (unpaired) electrons. The fraction of sp³-hybridized carbons (Fsp3) is 0.205. The number of para-hydroxylation sites is 2. The first-order valence-corrected chi connectivity index (χ1v) is 15.3. The minimum atomic E-state index is -0.285. The summed E-state index contributed by atoms with van der Waals surface area (Å²) in [5, 5.41) is 5.79. The molecule has 0 fully saturated rings. The van der Waals surface area contributed by atoms with Gasteiger partial charge in [-0.25, -0.2) is 0 Å². The van der Waals surface area contributed by atoms with Crippen LogP contribution in [0.25, 0.3) is 12.2 Å². The van der Waals surface area contributed by atoms with Gasteiger partial charge >= 0.3 is 0 Å². The standard InChI is InChI=1S/C39H40N2O7/c1-25-9-7-10-26(2)38(25)40-36(43)23-47-32-19-15-29(21-34(32)45-5)13-17-31(42)18-14-30-16-20-33(35(22-30)46-6)48-24-37(44)41-39-27(3)11-8-12-28(39)4/h7-22H,23-24H2,1-6H3,(H,40,43)(H,41,44)/b17-13+,18-14+. The van der Waals surface area contributed by atoms with Gasteiger partial charge in [0.1, 0.15) is 0 Å². The van der Waals surface area contributed by atoms with Gasteiger partial charge in [-0.1, -0.05) is 60.7 Å². The van der Waals surface area contributed by atoms with Gasteiger partial charge in [0.05, 0.1) is 14.2 Å². The first-order valence-electron chi connectivity index (χ1n) is 15.3. The molecule has 0 heterocycles. The predicted octanol–water partition coefficient (Wildman–Crippen LogP) is 7.27. The normalized spacial score (nSPS) is 11.0. The van der Waals surface area contributed by atoms with Crippen molar-refractivity contribution in [1.82, 2.24) is 0 Å². The summed E-state index contributed by atoms with van der Waals surface area (Å²) in [5.74, 6) is 0.857. The van der Waals surface area contributed by atoms with Crippen LogP contribution < -0.4 is 29.6 Å². The Kier molecular flexibility index (Phi) is 12.2. The van der Waals surface area contributed by atoms with Crippen LogP contribution in [0.15, 0.2) is 84.9 Å². The van der Waals surface area contributed by atoms with Crippen molar-refractivity contribution < 1.29 is 33.3 Å². The third-order valence-electron chi connectivity index (χ3n) is 7.46. The Morgan fingerprint density at radius 1 is 0.562 bits per heavy atom. The molecule has 4 aromatic rings. The van der Waals surface area contributed by atoms with Crippen molar-refractivity contribution in [3.05, 3.63) is 118 Å². The lowest BCUT2D eigenvalue weighted by Gasteiger charge is -2.13. The number of rotatable bonds is 14. The van der Waals surface area contributed by atoms with Crippen molar-refractivity contribution in [3.63, 3.8) is 0 Å². The van der Waals surface area contributed by atoms with Crippen molar-refractivity contribution in [2.75, 3.05) is 38.1 Å². The quantitative estimate of drug-likeness (QED) is 0.138. The highest BCUT2D eigenvalue weighted by molar-refractivity contribution is 6.04. The fourth-order valence-corrected chi connectivity index (χ4v) is 4.89. The van der Waals surface area contributed by atoms with E-state index in [0.29, 0.717) is 34.1 Å². The predicted molar refractivity (Wildman–Crippen MR) is 189 cm³/mol. The molecule has 0 saturated carbocycles. The Hall–Kier alpha value is -5.83. The number of carbonyl (C=O) groups is 3. The van der Waals surface area contributed by atoms with Gasteiger partial charge < -0.3 is 29.6 Å². The van der Waals surface area contributed by atoms with Crippen LogP contribution in [0, 0.1) is 27.7 Å². The van der Waals surface area contributed by atoms with E-state index in [1.807, 2.05) is 64.1 Å². The van der Waals surface area contributed by atoms with Crippen LogP contribution in [0.2, 0.25) is 0 Å². The van der Waals surface area contributed by atoms with Crippen LogP contribution in [0.5, 0.6) is 23.0 Å². The molecule has 48 heavy (non-hydrogen) atoms. The number of methoxy groups -OCH3 is 2. The molecule has 0 aromatic heterocycles. The molecule has 9 heteroatoms. The van der Waals surface area contributed by atoms with Gasteiger partial charge in [0.25, 0.3) is 11.8 Å². The van der Waals surface area contributed by atoms with Crippen LogP contribution in [0.4, 0.5) is 11.4 Å². The fourth-order valence-electron chi connectivity index (χ4n) is 4.89. The summed E-state index contributed by atoms with van der Waals surface area (Å²) in [7, 11) is 3.01. The molecule has 0 aliphatic rings. The molecule has 4 aromatic carbocycles. The van der Waals surface area contributed by atoms with Gasteiger partial charge in [-0.15, -0.1) is 0 Å². The van der Waals surface area contributed by atoms with Crippen LogP contribution in [-0.2, 0) is 14.4 Å². The number of carbonyl (C=O) groups excluding carboxylic acids is 3. The zero-order valence-corrected chi connectivity index (χ0v) is 28.0. The number of ether oxygens (including phenoxy) is 4. The van der Waals surface area contributed by atoms with E-state index in [0.717, 1.165) is 33.6 Å². The zero-order valence-electron chi connectivity index (χ0n) is 28.0. The van der Waals surface area contributed by atoms with Crippen molar-refractivity contribution in [3.8, 4) is 23.0 Å². The number of amides is 2. The van der Waals surface area contributed by atoms with E-state index in [-0.39, 0.29) is 30.8 Å². The summed E-state index contributed by atoms with van der Waals surface area (Å²) >= 11 is 0. The molecule has 248 valence electrons. The Morgan fingerprint density at radius 2 is 0.938 bits per heavy atom. The van der Waals surface area contributed by atoms with Gasteiger partial charge in [-0.05, 0) is 97.5 Å². The number of hydrogen-bond donors (Lipinski definition) is 2. The molecule has 0 saturated heterocycles. The maximum absolute atomic E-state index is 12.6. The Bertz CT molecular complexity index is 1690. The Morgan fingerprint density at radius 3 is 1.29 bits per heavy atom. The highest BCUT2D eigenvalue weighted by Crippen LogP contribution is 2.30. The van der Waals surface area contributed by atoms with E-state index in [2.05, 4.69) is 10.6 Å². The van der Waals surface area contributed by atoms with E-state index < -0.39 is 0 Å². The molecule has 0 aliphatic carbocycles. The Labute approximate surface area is 281 Å². The molecule has 0 aliphatic heterocycles. The molecule has 4 rings (SSSR count). The lowest BCUT2D eigenvalue weighted by Crippen LogP contribution is -2.21. The zero-order chi connectivity index (χ0) is 34.6. The van der Waals surface area contributed by atoms with E-state index >= 15 is 0 Å². The van der Waals surface area contributed by atoms with Crippen molar-refractivity contribution in [2.45, 2.75) is 27.7 Å². The van der Waals surface area contributed by atoms with E-state index in [1.165, 1.54) is 26.4 Å². The summed E-state index contributed by atoms with van der Waals surface area (Å²) in [6.07, 6.45) is 6.20. The third kappa shape index (κ3) is 9.59. The number of aryl methyl sites for hydroxylation is 4.